The molecule has 1 amide bonds. The highest BCUT2D eigenvalue weighted by Crippen LogP contribution is 2.42. The quantitative estimate of drug-likeness (QED) is 0.781. The smallest absolute Gasteiger partial charge is 0.247 e. The molecule has 88 valence electrons. The van der Waals surface area contributed by atoms with Crippen molar-refractivity contribution in [2.75, 3.05) is 11.9 Å². The third kappa shape index (κ3) is 1.91. The Morgan fingerprint density at radius 2 is 2.18 bits per heavy atom. The molecule has 1 aliphatic carbocycles. The molecule has 3 heteroatoms. The van der Waals surface area contributed by atoms with Gasteiger partial charge < -0.3 is 4.90 Å². The van der Waals surface area contributed by atoms with Crippen molar-refractivity contribution in [1.29, 1.82) is 5.26 Å². The van der Waals surface area contributed by atoms with Gasteiger partial charge in [-0.25, -0.2) is 0 Å². The van der Waals surface area contributed by atoms with Crippen LogP contribution in [0.4, 0.5) is 5.69 Å². The fourth-order valence-corrected chi connectivity index (χ4v) is 2.18. The summed E-state index contributed by atoms with van der Waals surface area (Å²) in [5, 5.41) is 9.16. The van der Waals surface area contributed by atoms with Gasteiger partial charge in [0.2, 0.25) is 5.91 Å². The third-order valence-electron chi connectivity index (χ3n) is 3.52. The monoisotopic (exact) mass is 228 g/mol. The van der Waals surface area contributed by atoms with Crippen molar-refractivity contribution in [3.8, 4) is 6.07 Å². The molecule has 0 aliphatic heterocycles. The van der Waals surface area contributed by atoms with Crippen molar-refractivity contribution in [1.82, 2.24) is 0 Å². The number of hydrogen-bond donors (Lipinski definition) is 0. The minimum absolute atomic E-state index is 0.0724. The van der Waals surface area contributed by atoms with E-state index in [0.717, 1.165) is 17.7 Å². The zero-order chi connectivity index (χ0) is 12.5. The molecule has 3 nitrogen and oxygen atoms in total. The molecule has 2 rings (SSSR count). The number of amides is 1. The van der Waals surface area contributed by atoms with E-state index in [4.69, 9.17) is 5.26 Å². The highest BCUT2D eigenvalue weighted by atomic mass is 16.2. The van der Waals surface area contributed by atoms with Gasteiger partial charge >= 0.3 is 0 Å². The maximum Gasteiger partial charge on any atom is 0.247 e. The van der Waals surface area contributed by atoms with E-state index in [0.29, 0.717) is 12.8 Å². The molecule has 1 aromatic rings. The highest BCUT2D eigenvalue weighted by molar-refractivity contribution is 5.99. The van der Waals surface area contributed by atoms with Gasteiger partial charge in [-0.1, -0.05) is 12.1 Å². The van der Waals surface area contributed by atoms with E-state index in [2.05, 4.69) is 6.07 Å². The second-order valence-corrected chi connectivity index (χ2v) is 4.75. The van der Waals surface area contributed by atoms with Crippen LogP contribution in [0.5, 0.6) is 0 Å². The van der Waals surface area contributed by atoms with Gasteiger partial charge in [0.1, 0.15) is 5.41 Å². The summed E-state index contributed by atoms with van der Waals surface area (Å²) in [6.07, 6.45) is 2.36. The Bertz CT molecular complexity index is 483. The minimum Gasteiger partial charge on any atom is -0.314 e. The van der Waals surface area contributed by atoms with Crippen molar-refractivity contribution < 1.29 is 4.79 Å². The summed E-state index contributed by atoms with van der Waals surface area (Å²) in [5.41, 5.74) is 1.21. The Balaban J connectivity index is 2.24. The van der Waals surface area contributed by atoms with E-state index in [9.17, 15) is 4.79 Å². The van der Waals surface area contributed by atoms with Gasteiger partial charge in [0.25, 0.3) is 0 Å². The molecule has 17 heavy (non-hydrogen) atoms. The summed E-state index contributed by atoms with van der Waals surface area (Å²) in [5.74, 6) is -0.0724. The first-order valence-electron chi connectivity index (χ1n) is 5.85. The highest BCUT2D eigenvalue weighted by Gasteiger charge is 2.46. The Kier molecular flexibility index (Phi) is 2.89. The van der Waals surface area contributed by atoms with Gasteiger partial charge in [-0.15, -0.1) is 0 Å². The minimum atomic E-state index is -0.765. The first-order valence-corrected chi connectivity index (χ1v) is 5.85. The molecule has 0 aromatic heterocycles. The molecule has 1 aliphatic rings. The Morgan fingerprint density at radius 1 is 1.47 bits per heavy atom. The van der Waals surface area contributed by atoms with Gasteiger partial charge in [0.15, 0.2) is 0 Å². The number of anilines is 1. The zero-order valence-corrected chi connectivity index (χ0v) is 10.2. The number of carbonyl (C=O) groups excluding carboxylic acids is 1. The van der Waals surface area contributed by atoms with Crippen LogP contribution in [0, 0.1) is 23.7 Å². The average molecular weight is 228 g/mol. The third-order valence-corrected chi connectivity index (χ3v) is 3.52. The molecule has 0 atom stereocenters. The largest absolute Gasteiger partial charge is 0.314 e. The lowest BCUT2D eigenvalue weighted by molar-refractivity contribution is -0.128. The van der Waals surface area contributed by atoms with Gasteiger partial charge in [0, 0.05) is 12.7 Å². The van der Waals surface area contributed by atoms with Gasteiger partial charge in [-0.2, -0.15) is 5.26 Å². The maximum atomic E-state index is 12.3. The van der Waals surface area contributed by atoms with E-state index in [1.165, 1.54) is 0 Å². The molecular weight excluding hydrogens is 212 g/mol. The lowest BCUT2D eigenvalue weighted by Gasteiger charge is -2.36. The van der Waals surface area contributed by atoms with Crippen molar-refractivity contribution in [2.45, 2.75) is 26.2 Å². The van der Waals surface area contributed by atoms with Crippen LogP contribution in [0.1, 0.15) is 24.8 Å². The van der Waals surface area contributed by atoms with Crippen LogP contribution in [-0.4, -0.2) is 13.0 Å². The van der Waals surface area contributed by atoms with Gasteiger partial charge in [-0.3, -0.25) is 4.79 Å². The Morgan fingerprint density at radius 3 is 2.65 bits per heavy atom. The number of aryl methyl sites for hydroxylation is 1. The van der Waals surface area contributed by atoms with E-state index < -0.39 is 5.41 Å². The summed E-state index contributed by atoms with van der Waals surface area (Å²) >= 11 is 0. The molecule has 0 heterocycles. The first-order chi connectivity index (χ1) is 8.09. The van der Waals surface area contributed by atoms with E-state index in [-0.39, 0.29) is 5.91 Å². The van der Waals surface area contributed by atoms with Gasteiger partial charge in [0.05, 0.1) is 6.07 Å². The number of carbonyl (C=O) groups is 1. The van der Waals surface area contributed by atoms with Crippen molar-refractivity contribution in [3.63, 3.8) is 0 Å². The fraction of sp³-hybridized carbons (Fsp3) is 0.429. The topological polar surface area (TPSA) is 44.1 Å². The van der Waals surface area contributed by atoms with Crippen LogP contribution in [-0.2, 0) is 4.79 Å². The lowest BCUT2D eigenvalue weighted by Crippen LogP contribution is -2.45. The molecule has 1 fully saturated rings. The summed E-state index contributed by atoms with van der Waals surface area (Å²) in [6, 6.07) is 9.96. The number of hydrogen-bond acceptors (Lipinski definition) is 2. The second-order valence-electron chi connectivity index (χ2n) is 4.75. The molecule has 0 N–H and O–H groups in total. The van der Waals surface area contributed by atoms with E-state index in [1.807, 2.05) is 31.2 Å². The molecule has 1 saturated carbocycles. The molecule has 0 saturated heterocycles. The summed E-state index contributed by atoms with van der Waals surface area (Å²) in [4.78, 5) is 13.9. The first kappa shape index (κ1) is 11.7. The fourth-order valence-electron chi connectivity index (χ4n) is 2.18. The average Bonchev–Trinajstić information content (AvgIpc) is 2.27. The molecule has 1 aromatic carbocycles. The van der Waals surface area contributed by atoms with Crippen molar-refractivity contribution >= 4 is 11.6 Å². The number of nitrogens with zero attached hydrogens (tertiary/aromatic N) is 2. The summed E-state index contributed by atoms with van der Waals surface area (Å²) in [7, 11) is 1.74. The van der Waals surface area contributed by atoms with Crippen LogP contribution in [0.25, 0.3) is 0 Å². The van der Waals surface area contributed by atoms with E-state index >= 15 is 0 Å². The molecule has 0 unspecified atom stereocenters. The predicted octanol–water partition coefficient (Wildman–Crippen LogP) is 2.65. The van der Waals surface area contributed by atoms with Crippen molar-refractivity contribution in [2.24, 2.45) is 5.41 Å². The summed E-state index contributed by atoms with van der Waals surface area (Å²) in [6.45, 7) is 1.99. The van der Waals surface area contributed by atoms with Gasteiger partial charge in [-0.05, 0) is 43.9 Å². The molecular formula is C14H16N2O. The number of benzene rings is 1. The van der Waals surface area contributed by atoms with Crippen LogP contribution in [0.15, 0.2) is 24.3 Å². The standard InChI is InChI=1S/C14H16N2O/c1-11-5-3-6-12(9-11)16(2)13(17)14(10-15)7-4-8-14/h3,5-6,9H,4,7-8H2,1-2H3. The number of nitriles is 1. The molecule has 0 bridgehead atoms. The normalized spacial score (nSPS) is 16.8. The Labute approximate surface area is 102 Å². The van der Waals surface area contributed by atoms with Crippen LogP contribution in [0.2, 0.25) is 0 Å². The van der Waals surface area contributed by atoms with E-state index in [1.54, 1.807) is 11.9 Å². The maximum absolute atomic E-state index is 12.3. The van der Waals surface area contributed by atoms with Crippen LogP contribution in [0.3, 0.4) is 0 Å². The summed E-state index contributed by atoms with van der Waals surface area (Å²) < 4.78 is 0. The van der Waals surface area contributed by atoms with Crippen LogP contribution < -0.4 is 4.90 Å². The van der Waals surface area contributed by atoms with Crippen molar-refractivity contribution in [3.05, 3.63) is 29.8 Å². The lowest BCUT2D eigenvalue weighted by atomic mass is 9.69. The number of rotatable bonds is 2. The molecule has 0 radical (unpaired) electrons. The molecule has 0 spiro atoms. The predicted molar refractivity (Wildman–Crippen MR) is 66.5 cm³/mol. The SMILES string of the molecule is Cc1cccc(N(C)C(=O)C2(C#N)CCC2)c1. The Hall–Kier alpha value is -1.82. The second kappa shape index (κ2) is 4.21. The zero-order valence-electron chi connectivity index (χ0n) is 10.2. The van der Waals surface area contributed by atoms with Crippen LogP contribution >= 0.6 is 0 Å².